The third-order valence-electron chi connectivity index (χ3n) is 4.55. The van der Waals surface area contributed by atoms with E-state index in [0.717, 1.165) is 13.2 Å². The van der Waals surface area contributed by atoms with Crippen molar-refractivity contribution >= 4 is 22.9 Å². The van der Waals surface area contributed by atoms with E-state index in [0.29, 0.717) is 0 Å². The van der Waals surface area contributed by atoms with Crippen LogP contribution in [-0.4, -0.2) is 0 Å². The van der Waals surface area contributed by atoms with Crippen molar-refractivity contribution in [3.8, 4) is 0 Å². The second-order valence-corrected chi connectivity index (χ2v) is 7.65. The van der Waals surface area contributed by atoms with Crippen molar-refractivity contribution in [2.75, 3.05) is 0 Å². The molecule has 2 heterocycles. The normalized spacial score (nSPS) is 18.9. The van der Waals surface area contributed by atoms with Crippen LogP contribution in [0.1, 0.15) is 56.6 Å². The van der Waals surface area contributed by atoms with E-state index in [1.807, 2.05) is 11.3 Å². The zero-order valence-corrected chi connectivity index (χ0v) is 13.6. The van der Waals surface area contributed by atoms with Crippen molar-refractivity contribution in [2.24, 2.45) is 0 Å². The summed E-state index contributed by atoms with van der Waals surface area (Å²) < 4.78 is 5.50. The van der Waals surface area contributed by atoms with Gasteiger partial charge in [0.25, 0.3) is 0 Å². The van der Waals surface area contributed by atoms with Gasteiger partial charge in [-0.15, -0.1) is 22.9 Å². The number of fused-ring (bicyclic) bond motifs is 2. The molecule has 1 aliphatic carbocycles. The number of benzene rings is 1. The SMILES string of the molecule is ClC(c1ccc2c(c1)COC2)c1cc2c(s1)CCCCC2. The molecular formula is C18H19ClOS. The fourth-order valence-electron chi connectivity index (χ4n) is 3.33. The van der Waals surface area contributed by atoms with Gasteiger partial charge in [-0.2, -0.15) is 0 Å². The van der Waals surface area contributed by atoms with E-state index in [1.165, 1.54) is 53.7 Å². The van der Waals surface area contributed by atoms with Gasteiger partial charge in [-0.05, 0) is 54.0 Å². The number of hydrogen-bond acceptors (Lipinski definition) is 2. The minimum Gasteiger partial charge on any atom is -0.372 e. The molecule has 1 unspecified atom stereocenters. The van der Waals surface area contributed by atoms with Gasteiger partial charge < -0.3 is 4.74 Å². The molecule has 0 fully saturated rings. The van der Waals surface area contributed by atoms with Gasteiger partial charge in [0.05, 0.1) is 18.6 Å². The molecule has 0 bridgehead atoms. The third kappa shape index (κ3) is 2.65. The topological polar surface area (TPSA) is 9.23 Å². The van der Waals surface area contributed by atoms with Crippen LogP contribution in [0, 0.1) is 0 Å². The van der Waals surface area contributed by atoms with Gasteiger partial charge in [-0.1, -0.05) is 24.6 Å². The summed E-state index contributed by atoms with van der Waals surface area (Å²) in [7, 11) is 0. The van der Waals surface area contributed by atoms with Gasteiger partial charge >= 0.3 is 0 Å². The maximum absolute atomic E-state index is 6.76. The monoisotopic (exact) mass is 318 g/mol. The highest BCUT2D eigenvalue weighted by Gasteiger charge is 2.20. The standard InChI is InChI=1S/C18H19ClOS/c19-18(13-6-7-14-10-20-11-15(14)8-13)17-9-12-4-2-1-3-5-16(12)21-17/h6-9,18H,1-5,10-11H2. The molecule has 3 heteroatoms. The Hall–Kier alpha value is -0.830. The Bertz CT molecular complexity index is 638. The molecule has 1 atom stereocenters. The minimum atomic E-state index is -0.0205. The van der Waals surface area contributed by atoms with E-state index in [9.17, 15) is 0 Å². The second kappa shape index (κ2) is 5.75. The van der Waals surface area contributed by atoms with Crippen LogP contribution in [0.2, 0.25) is 0 Å². The smallest absolute Gasteiger partial charge is 0.0928 e. The van der Waals surface area contributed by atoms with Crippen LogP contribution in [0.4, 0.5) is 0 Å². The molecule has 1 aromatic heterocycles. The molecule has 0 N–H and O–H groups in total. The lowest BCUT2D eigenvalue weighted by molar-refractivity contribution is 0.134. The zero-order valence-electron chi connectivity index (χ0n) is 12.0. The zero-order chi connectivity index (χ0) is 14.2. The maximum atomic E-state index is 6.76. The molecule has 4 rings (SSSR count). The first kappa shape index (κ1) is 13.8. The van der Waals surface area contributed by atoms with Crippen LogP contribution in [0.5, 0.6) is 0 Å². The Labute approximate surface area is 134 Å². The van der Waals surface area contributed by atoms with Gasteiger partial charge in [0.15, 0.2) is 0 Å². The van der Waals surface area contributed by atoms with Gasteiger partial charge in [0.1, 0.15) is 0 Å². The van der Waals surface area contributed by atoms with Gasteiger partial charge in [0, 0.05) is 9.75 Å². The number of ether oxygens (including phenoxy) is 1. The van der Waals surface area contributed by atoms with Crippen molar-refractivity contribution in [2.45, 2.75) is 50.7 Å². The summed E-state index contributed by atoms with van der Waals surface area (Å²) in [6, 6.07) is 8.92. The fourth-order valence-corrected chi connectivity index (χ4v) is 4.93. The highest BCUT2D eigenvalue weighted by atomic mass is 35.5. The summed E-state index contributed by atoms with van der Waals surface area (Å²) in [5.74, 6) is 0. The molecule has 1 aliphatic heterocycles. The molecule has 0 saturated heterocycles. The fraction of sp³-hybridized carbons (Fsp3) is 0.444. The van der Waals surface area contributed by atoms with E-state index in [1.54, 1.807) is 10.4 Å². The molecular weight excluding hydrogens is 300 g/mol. The van der Waals surface area contributed by atoms with Crippen LogP contribution in [0.25, 0.3) is 0 Å². The van der Waals surface area contributed by atoms with E-state index in [2.05, 4.69) is 24.3 Å². The van der Waals surface area contributed by atoms with Crippen LogP contribution >= 0.6 is 22.9 Å². The predicted molar refractivity (Wildman–Crippen MR) is 88.2 cm³/mol. The lowest BCUT2D eigenvalue weighted by Gasteiger charge is -2.09. The summed E-state index contributed by atoms with van der Waals surface area (Å²) in [6.45, 7) is 1.48. The summed E-state index contributed by atoms with van der Waals surface area (Å²) in [5, 5.41) is -0.0205. The van der Waals surface area contributed by atoms with Crippen LogP contribution in [-0.2, 0) is 30.8 Å². The predicted octanol–water partition coefficient (Wildman–Crippen LogP) is 5.38. The molecule has 0 radical (unpaired) electrons. The number of rotatable bonds is 2. The van der Waals surface area contributed by atoms with Crippen molar-refractivity contribution in [1.82, 2.24) is 0 Å². The summed E-state index contributed by atoms with van der Waals surface area (Å²) >= 11 is 8.69. The van der Waals surface area contributed by atoms with Gasteiger partial charge in [-0.3, -0.25) is 0 Å². The first-order valence-corrected chi connectivity index (χ1v) is 9.01. The van der Waals surface area contributed by atoms with Crippen molar-refractivity contribution in [3.05, 3.63) is 56.3 Å². The molecule has 110 valence electrons. The molecule has 0 amide bonds. The van der Waals surface area contributed by atoms with E-state index in [-0.39, 0.29) is 5.38 Å². The minimum absolute atomic E-state index is 0.0205. The Kier molecular flexibility index (Phi) is 3.78. The number of alkyl halides is 1. The summed E-state index contributed by atoms with van der Waals surface area (Å²) in [6.07, 6.45) is 6.49. The number of thiophene rings is 1. The third-order valence-corrected chi connectivity index (χ3v) is 6.47. The lowest BCUT2D eigenvalue weighted by atomic mass is 10.0. The average molecular weight is 319 g/mol. The summed E-state index contributed by atoms with van der Waals surface area (Å²) in [4.78, 5) is 2.88. The van der Waals surface area contributed by atoms with Gasteiger partial charge in [0.2, 0.25) is 0 Å². The Morgan fingerprint density at radius 3 is 2.76 bits per heavy atom. The van der Waals surface area contributed by atoms with Crippen LogP contribution in [0.3, 0.4) is 0 Å². The molecule has 0 saturated carbocycles. The average Bonchev–Trinajstić information content (AvgIpc) is 3.08. The number of aryl methyl sites for hydroxylation is 2. The Morgan fingerprint density at radius 1 is 0.952 bits per heavy atom. The largest absolute Gasteiger partial charge is 0.372 e. The lowest BCUT2D eigenvalue weighted by Crippen LogP contribution is -1.93. The number of halogens is 1. The van der Waals surface area contributed by atoms with Gasteiger partial charge in [-0.25, -0.2) is 0 Å². The van der Waals surface area contributed by atoms with Crippen molar-refractivity contribution in [1.29, 1.82) is 0 Å². The van der Waals surface area contributed by atoms with Crippen LogP contribution in [0.15, 0.2) is 24.3 Å². The Balaban J connectivity index is 1.64. The molecule has 1 nitrogen and oxygen atoms in total. The highest BCUT2D eigenvalue weighted by Crippen LogP contribution is 2.39. The molecule has 2 aromatic rings. The molecule has 2 aliphatic rings. The summed E-state index contributed by atoms with van der Waals surface area (Å²) in [5.41, 5.74) is 5.36. The molecule has 0 spiro atoms. The van der Waals surface area contributed by atoms with Crippen LogP contribution < -0.4 is 0 Å². The van der Waals surface area contributed by atoms with E-state index >= 15 is 0 Å². The second-order valence-electron chi connectivity index (χ2n) is 6.04. The highest BCUT2D eigenvalue weighted by molar-refractivity contribution is 7.12. The first-order chi connectivity index (χ1) is 10.3. The first-order valence-electron chi connectivity index (χ1n) is 7.76. The molecule has 21 heavy (non-hydrogen) atoms. The van der Waals surface area contributed by atoms with E-state index in [4.69, 9.17) is 16.3 Å². The van der Waals surface area contributed by atoms with E-state index < -0.39 is 0 Å². The molecule has 1 aromatic carbocycles. The number of hydrogen-bond donors (Lipinski definition) is 0. The van der Waals surface area contributed by atoms with Crippen molar-refractivity contribution in [3.63, 3.8) is 0 Å². The maximum Gasteiger partial charge on any atom is 0.0928 e. The quantitative estimate of drug-likeness (QED) is 0.534. The Morgan fingerprint density at radius 2 is 1.81 bits per heavy atom. The van der Waals surface area contributed by atoms with Crippen molar-refractivity contribution < 1.29 is 4.74 Å².